The van der Waals surface area contributed by atoms with E-state index < -0.39 is 10.5 Å². The molecule has 1 amide bonds. The van der Waals surface area contributed by atoms with E-state index in [1.54, 1.807) is 12.1 Å². The topological polar surface area (TPSA) is 98.3 Å². The van der Waals surface area contributed by atoms with Crippen molar-refractivity contribution in [3.8, 4) is 0 Å². The number of nitro groups is 1. The van der Waals surface area contributed by atoms with Crippen molar-refractivity contribution in [3.63, 3.8) is 0 Å². The van der Waals surface area contributed by atoms with Gasteiger partial charge in [0.1, 0.15) is 0 Å². The summed E-state index contributed by atoms with van der Waals surface area (Å²) in [4.78, 5) is 21.9. The lowest BCUT2D eigenvalue weighted by atomic mass is 10.0. The highest BCUT2D eigenvalue weighted by Gasteiger charge is 2.18. The number of nitrogens with zero attached hydrogens (tertiary/aromatic N) is 1. The summed E-state index contributed by atoms with van der Waals surface area (Å²) < 4.78 is 0. The van der Waals surface area contributed by atoms with Crippen LogP contribution in [0.3, 0.4) is 0 Å². The van der Waals surface area contributed by atoms with Crippen molar-refractivity contribution < 1.29 is 9.72 Å². The lowest BCUT2D eigenvalue weighted by molar-refractivity contribution is -0.384. The quantitative estimate of drug-likeness (QED) is 0.618. The fourth-order valence-corrected chi connectivity index (χ4v) is 1.57. The third-order valence-electron chi connectivity index (χ3n) is 2.75. The molecule has 0 saturated heterocycles. The average molecular weight is 302 g/mol. The first-order valence-electron chi connectivity index (χ1n) is 6.08. The van der Waals surface area contributed by atoms with Crippen LogP contribution in [0.4, 0.5) is 5.69 Å². The van der Waals surface area contributed by atoms with Crippen LogP contribution >= 0.6 is 12.4 Å². The second-order valence-corrected chi connectivity index (χ2v) is 5.06. The van der Waals surface area contributed by atoms with Gasteiger partial charge in [-0.1, -0.05) is 12.1 Å². The van der Waals surface area contributed by atoms with Crippen molar-refractivity contribution in [2.45, 2.75) is 32.2 Å². The van der Waals surface area contributed by atoms with Crippen LogP contribution in [0, 0.1) is 10.1 Å². The van der Waals surface area contributed by atoms with Gasteiger partial charge in [0.15, 0.2) is 0 Å². The number of rotatable bonds is 6. The molecule has 0 aliphatic carbocycles. The fourth-order valence-electron chi connectivity index (χ4n) is 1.57. The number of amides is 1. The molecular formula is C13H20ClN3O3. The van der Waals surface area contributed by atoms with Gasteiger partial charge in [-0.3, -0.25) is 14.9 Å². The van der Waals surface area contributed by atoms with Crippen molar-refractivity contribution in [1.29, 1.82) is 0 Å². The van der Waals surface area contributed by atoms with E-state index in [1.807, 2.05) is 13.8 Å². The third kappa shape index (κ3) is 5.99. The maximum atomic E-state index is 11.7. The summed E-state index contributed by atoms with van der Waals surface area (Å²) >= 11 is 0. The van der Waals surface area contributed by atoms with Crippen molar-refractivity contribution in [3.05, 3.63) is 39.9 Å². The molecule has 20 heavy (non-hydrogen) atoms. The highest BCUT2D eigenvalue weighted by Crippen LogP contribution is 2.14. The maximum absolute atomic E-state index is 11.7. The first-order valence-corrected chi connectivity index (χ1v) is 6.08. The summed E-state index contributed by atoms with van der Waals surface area (Å²) in [7, 11) is 0. The van der Waals surface area contributed by atoms with E-state index in [4.69, 9.17) is 5.73 Å². The van der Waals surface area contributed by atoms with Crippen LogP contribution in [0.15, 0.2) is 24.3 Å². The van der Waals surface area contributed by atoms with Gasteiger partial charge in [-0.25, -0.2) is 0 Å². The first-order chi connectivity index (χ1) is 8.84. The Hall–Kier alpha value is -1.66. The van der Waals surface area contributed by atoms with Crippen LogP contribution in [0.5, 0.6) is 0 Å². The summed E-state index contributed by atoms with van der Waals surface area (Å²) in [6, 6.07) is 6.31. The van der Waals surface area contributed by atoms with Gasteiger partial charge in [-0.05, 0) is 25.8 Å². The molecule has 0 aliphatic heterocycles. The molecule has 0 aromatic heterocycles. The molecule has 0 spiro atoms. The Morgan fingerprint density at radius 1 is 1.45 bits per heavy atom. The highest BCUT2D eigenvalue weighted by atomic mass is 35.5. The van der Waals surface area contributed by atoms with Crippen LogP contribution in [-0.2, 0) is 11.2 Å². The minimum Gasteiger partial charge on any atom is -0.350 e. The first kappa shape index (κ1) is 18.3. The van der Waals surface area contributed by atoms with Crippen LogP contribution in [-0.4, -0.2) is 22.9 Å². The molecule has 7 heteroatoms. The summed E-state index contributed by atoms with van der Waals surface area (Å²) in [5.41, 5.74) is 5.91. The number of aryl methyl sites for hydroxylation is 1. The van der Waals surface area contributed by atoms with Gasteiger partial charge in [0.2, 0.25) is 5.91 Å². The van der Waals surface area contributed by atoms with Gasteiger partial charge < -0.3 is 11.1 Å². The monoisotopic (exact) mass is 301 g/mol. The second-order valence-electron chi connectivity index (χ2n) is 5.06. The van der Waals surface area contributed by atoms with Gasteiger partial charge >= 0.3 is 0 Å². The molecule has 3 N–H and O–H groups in total. The highest BCUT2D eigenvalue weighted by molar-refractivity contribution is 5.85. The number of non-ortho nitro benzene ring substituents is 1. The lowest BCUT2D eigenvalue weighted by Crippen LogP contribution is -2.48. The van der Waals surface area contributed by atoms with Crippen LogP contribution in [0.25, 0.3) is 0 Å². The Morgan fingerprint density at radius 3 is 2.65 bits per heavy atom. The maximum Gasteiger partial charge on any atom is 0.269 e. The molecule has 0 fully saturated rings. The number of hydrogen-bond acceptors (Lipinski definition) is 4. The number of carbonyl (C=O) groups is 1. The molecule has 0 heterocycles. The number of nitrogens with one attached hydrogen (secondary N) is 1. The van der Waals surface area contributed by atoms with E-state index in [0.717, 1.165) is 5.56 Å². The molecule has 1 aromatic rings. The molecule has 0 unspecified atom stereocenters. The Bertz CT molecular complexity index is 478. The van der Waals surface area contributed by atoms with E-state index in [2.05, 4.69) is 5.32 Å². The van der Waals surface area contributed by atoms with E-state index >= 15 is 0 Å². The van der Waals surface area contributed by atoms with Crippen LogP contribution in [0.1, 0.15) is 25.8 Å². The Labute approximate surface area is 124 Å². The van der Waals surface area contributed by atoms with Gasteiger partial charge in [-0.15, -0.1) is 12.4 Å². The third-order valence-corrected chi connectivity index (χ3v) is 2.75. The average Bonchev–Trinajstić information content (AvgIpc) is 2.36. The number of nitro benzene ring substituents is 1. The summed E-state index contributed by atoms with van der Waals surface area (Å²) in [5, 5.41) is 13.4. The zero-order valence-corrected chi connectivity index (χ0v) is 12.4. The van der Waals surface area contributed by atoms with Gasteiger partial charge in [0.05, 0.1) is 4.92 Å². The Kier molecular flexibility index (Phi) is 7.17. The molecule has 112 valence electrons. The Morgan fingerprint density at radius 2 is 2.10 bits per heavy atom. The molecule has 0 radical (unpaired) electrons. The zero-order valence-electron chi connectivity index (χ0n) is 11.6. The standard InChI is InChI=1S/C13H19N3O3.ClH/c1-13(2,9-14)15-12(17)7-6-10-4-3-5-11(8-10)16(18)19;/h3-5,8H,6-7,9,14H2,1-2H3,(H,15,17);1H. The van der Waals surface area contributed by atoms with E-state index in [-0.39, 0.29) is 30.4 Å². The van der Waals surface area contributed by atoms with E-state index in [1.165, 1.54) is 12.1 Å². The van der Waals surface area contributed by atoms with E-state index in [0.29, 0.717) is 13.0 Å². The van der Waals surface area contributed by atoms with Gasteiger partial charge in [0.25, 0.3) is 5.69 Å². The smallest absolute Gasteiger partial charge is 0.269 e. The van der Waals surface area contributed by atoms with Crippen molar-refractivity contribution in [1.82, 2.24) is 5.32 Å². The lowest BCUT2D eigenvalue weighted by Gasteiger charge is -2.24. The molecular weight excluding hydrogens is 282 g/mol. The normalized spacial score (nSPS) is 10.6. The number of hydrogen-bond donors (Lipinski definition) is 2. The predicted molar refractivity (Wildman–Crippen MR) is 79.9 cm³/mol. The summed E-state index contributed by atoms with van der Waals surface area (Å²) in [6.45, 7) is 4.05. The van der Waals surface area contributed by atoms with Crippen molar-refractivity contribution >= 4 is 24.0 Å². The van der Waals surface area contributed by atoms with Crippen LogP contribution in [0.2, 0.25) is 0 Å². The van der Waals surface area contributed by atoms with Gasteiger partial charge in [0, 0.05) is 30.6 Å². The van der Waals surface area contributed by atoms with E-state index in [9.17, 15) is 14.9 Å². The molecule has 0 saturated carbocycles. The second kappa shape index (κ2) is 7.81. The molecule has 0 atom stereocenters. The molecule has 1 rings (SSSR count). The molecule has 0 bridgehead atoms. The largest absolute Gasteiger partial charge is 0.350 e. The number of nitrogens with two attached hydrogens (primary N) is 1. The Balaban J connectivity index is 0.00000361. The fraction of sp³-hybridized carbons (Fsp3) is 0.462. The molecule has 1 aromatic carbocycles. The molecule has 0 aliphatic rings. The zero-order chi connectivity index (χ0) is 14.5. The number of benzene rings is 1. The minimum atomic E-state index is -0.443. The summed E-state index contributed by atoms with van der Waals surface area (Å²) in [5.74, 6) is -0.109. The van der Waals surface area contributed by atoms with Crippen molar-refractivity contribution in [2.75, 3.05) is 6.54 Å². The number of carbonyl (C=O) groups excluding carboxylic acids is 1. The van der Waals surface area contributed by atoms with Crippen LogP contribution < -0.4 is 11.1 Å². The predicted octanol–water partition coefficient (Wildman–Crippen LogP) is 1.80. The number of halogens is 1. The van der Waals surface area contributed by atoms with Crippen molar-refractivity contribution in [2.24, 2.45) is 5.73 Å². The molecule has 6 nitrogen and oxygen atoms in total. The minimum absolute atomic E-state index is 0. The SMILES string of the molecule is CC(C)(CN)NC(=O)CCc1cccc([N+](=O)[O-])c1.Cl. The summed E-state index contributed by atoms with van der Waals surface area (Å²) in [6.07, 6.45) is 0.749. The van der Waals surface area contributed by atoms with Gasteiger partial charge in [-0.2, -0.15) is 0 Å².